The highest BCUT2D eigenvalue weighted by atomic mass is 35.5. The Kier molecular flexibility index (Phi) is 4.79. The van der Waals surface area contributed by atoms with Crippen molar-refractivity contribution in [1.82, 2.24) is 4.72 Å². The van der Waals surface area contributed by atoms with Crippen LogP contribution in [0, 0.1) is 17.5 Å². The molecular weight excluding hydrogens is 339 g/mol. The molecule has 1 atom stereocenters. The van der Waals surface area contributed by atoms with Crippen LogP contribution in [0.5, 0.6) is 0 Å². The fraction of sp³-hybridized carbons (Fsp3) is 0.143. The van der Waals surface area contributed by atoms with E-state index in [1.165, 1.54) is 13.0 Å². The molecule has 0 aliphatic heterocycles. The van der Waals surface area contributed by atoms with Crippen LogP contribution in [0.4, 0.5) is 13.2 Å². The minimum absolute atomic E-state index is 0.228. The minimum atomic E-state index is -3.99. The Labute approximate surface area is 130 Å². The molecule has 2 rings (SSSR count). The summed E-state index contributed by atoms with van der Waals surface area (Å²) in [5.74, 6) is -2.84. The molecule has 0 bridgehead atoms. The molecule has 3 nitrogen and oxygen atoms in total. The van der Waals surface area contributed by atoms with Gasteiger partial charge in [-0.15, -0.1) is 0 Å². The van der Waals surface area contributed by atoms with Crippen LogP contribution in [-0.2, 0) is 10.0 Å². The molecule has 0 saturated carbocycles. The average Bonchev–Trinajstić information content (AvgIpc) is 2.44. The first-order valence-corrected chi connectivity index (χ1v) is 7.99. The summed E-state index contributed by atoms with van der Waals surface area (Å²) in [5.41, 5.74) is 0.246. The lowest BCUT2D eigenvalue weighted by Crippen LogP contribution is -2.27. The number of hydrogen-bond acceptors (Lipinski definition) is 2. The monoisotopic (exact) mass is 349 g/mol. The van der Waals surface area contributed by atoms with Crippen molar-refractivity contribution >= 4 is 21.6 Å². The quantitative estimate of drug-likeness (QED) is 0.912. The normalized spacial score (nSPS) is 13.1. The molecule has 0 aliphatic rings. The second-order valence-electron chi connectivity index (χ2n) is 4.59. The van der Waals surface area contributed by atoms with Crippen molar-refractivity contribution in [3.8, 4) is 0 Å². The van der Waals surface area contributed by atoms with Crippen LogP contribution in [0.15, 0.2) is 41.3 Å². The second-order valence-corrected chi connectivity index (χ2v) is 6.71. The molecule has 0 radical (unpaired) electrons. The van der Waals surface area contributed by atoms with Gasteiger partial charge in [0.2, 0.25) is 10.0 Å². The van der Waals surface area contributed by atoms with Crippen LogP contribution in [0.3, 0.4) is 0 Å². The molecule has 0 unspecified atom stereocenters. The predicted octanol–water partition coefficient (Wildman–Crippen LogP) is 3.80. The van der Waals surface area contributed by atoms with Gasteiger partial charge < -0.3 is 0 Å². The van der Waals surface area contributed by atoms with E-state index in [1.807, 2.05) is 0 Å². The van der Waals surface area contributed by atoms with Gasteiger partial charge in [0, 0.05) is 6.04 Å². The highest BCUT2D eigenvalue weighted by Gasteiger charge is 2.20. The van der Waals surface area contributed by atoms with E-state index >= 15 is 0 Å². The van der Waals surface area contributed by atoms with Crippen molar-refractivity contribution in [1.29, 1.82) is 0 Å². The molecule has 0 aliphatic carbocycles. The average molecular weight is 350 g/mol. The Hall–Kier alpha value is -1.57. The molecule has 118 valence electrons. The number of rotatable bonds is 4. The molecule has 2 aromatic carbocycles. The lowest BCUT2D eigenvalue weighted by Gasteiger charge is -2.15. The van der Waals surface area contributed by atoms with Gasteiger partial charge in [-0.25, -0.2) is 26.3 Å². The van der Waals surface area contributed by atoms with Gasteiger partial charge in [-0.1, -0.05) is 17.7 Å². The van der Waals surface area contributed by atoms with Gasteiger partial charge in [-0.05, 0) is 42.8 Å². The Bertz CT molecular complexity index is 812. The highest BCUT2D eigenvalue weighted by molar-refractivity contribution is 7.89. The summed E-state index contributed by atoms with van der Waals surface area (Å²) >= 11 is 5.55. The second kappa shape index (κ2) is 6.28. The molecule has 0 aromatic heterocycles. The summed E-state index contributed by atoms with van der Waals surface area (Å²) in [6.45, 7) is 1.47. The number of halogens is 4. The summed E-state index contributed by atoms with van der Waals surface area (Å²) in [4.78, 5) is -0.228. The van der Waals surface area contributed by atoms with Crippen molar-refractivity contribution < 1.29 is 21.6 Å². The van der Waals surface area contributed by atoms with E-state index in [9.17, 15) is 21.6 Å². The van der Waals surface area contributed by atoms with Crippen molar-refractivity contribution in [3.05, 3.63) is 64.4 Å². The minimum Gasteiger partial charge on any atom is -0.207 e. The summed E-state index contributed by atoms with van der Waals surface area (Å²) in [7, 11) is -3.99. The first-order chi connectivity index (χ1) is 10.2. The predicted molar refractivity (Wildman–Crippen MR) is 76.5 cm³/mol. The van der Waals surface area contributed by atoms with Gasteiger partial charge in [-0.3, -0.25) is 0 Å². The van der Waals surface area contributed by atoms with Crippen molar-refractivity contribution in [2.45, 2.75) is 17.9 Å². The van der Waals surface area contributed by atoms with E-state index in [0.717, 1.165) is 30.3 Å². The summed E-state index contributed by atoms with van der Waals surface area (Å²) in [5, 5.41) is -0.330. The molecule has 0 saturated heterocycles. The molecule has 0 amide bonds. The zero-order chi connectivity index (χ0) is 16.5. The topological polar surface area (TPSA) is 46.2 Å². The molecule has 0 heterocycles. The van der Waals surface area contributed by atoms with E-state index in [1.54, 1.807) is 0 Å². The van der Waals surface area contributed by atoms with Crippen LogP contribution in [-0.4, -0.2) is 8.42 Å². The SMILES string of the molecule is C[C@@H](NS(=O)(=O)c1ccc(F)c(Cl)c1)c1ccc(F)c(F)c1. The van der Waals surface area contributed by atoms with Crippen LogP contribution in [0.25, 0.3) is 0 Å². The zero-order valence-electron chi connectivity index (χ0n) is 11.3. The lowest BCUT2D eigenvalue weighted by molar-refractivity contribution is 0.504. The molecular formula is C14H11ClF3NO2S. The fourth-order valence-electron chi connectivity index (χ4n) is 1.79. The maximum absolute atomic E-state index is 13.2. The summed E-state index contributed by atoms with van der Waals surface area (Å²) in [6, 6.07) is 5.22. The first-order valence-electron chi connectivity index (χ1n) is 6.13. The van der Waals surface area contributed by atoms with E-state index in [4.69, 9.17) is 11.6 Å². The Balaban J connectivity index is 2.27. The number of hydrogen-bond donors (Lipinski definition) is 1. The van der Waals surface area contributed by atoms with Crippen LogP contribution >= 0.6 is 11.6 Å². The molecule has 0 spiro atoms. The largest absolute Gasteiger partial charge is 0.241 e. The zero-order valence-corrected chi connectivity index (χ0v) is 12.9. The van der Waals surface area contributed by atoms with Gasteiger partial charge in [0.25, 0.3) is 0 Å². The molecule has 2 aromatic rings. The standard InChI is InChI=1S/C14H11ClF3NO2S/c1-8(9-2-4-13(17)14(18)6-9)19-22(20,21)10-3-5-12(16)11(15)7-10/h2-8,19H,1H3/t8-/m1/s1. The number of benzene rings is 2. The Morgan fingerprint density at radius 1 is 1.00 bits per heavy atom. The van der Waals surface area contributed by atoms with E-state index in [2.05, 4.69) is 4.72 Å². The van der Waals surface area contributed by atoms with Crippen LogP contribution in [0.2, 0.25) is 5.02 Å². The molecule has 1 N–H and O–H groups in total. The first kappa shape index (κ1) is 16.8. The van der Waals surface area contributed by atoms with E-state index < -0.39 is 33.5 Å². The summed E-state index contributed by atoms with van der Waals surface area (Å²) < 4.78 is 65.8. The maximum Gasteiger partial charge on any atom is 0.241 e. The highest BCUT2D eigenvalue weighted by Crippen LogP contribution is 2.22. The number of nitrogens with one attached hydrogen (secondary N) is 1. The maximum atomic E-state index is 13.2. The smallest absolute Gasteiger partial charge is 0.207 e. The van der Waals surface area contributed by atoms with Crippen LogP contribution < -0.4 is 4.72 Å². The third kappa shape index (κ3) is 3.60. The van der Waals surface area contributed by atoms with Crippen molar-refractivity contribution in [2.75, 3.05) is 0 Å². The molecule has 8 heteroatoms. The van der Waals surface area contributed by atoms with Gasteiger partial charge in [-0.2, -0.15) is 0 Å². The van der Waals surface area contributed by atoms with Crippen molar-refractivity contribution in [3.63, 3.8) is 0 Å². The van der Waals surface area contributed by atoms with Gasteiger partial charge >= 0.3 is 0 Å². The van der Waals surface area contributed by atoms with Crippen LogP contribution in [0.1, 0.15) is 18.5 Å². The van der Waals surface area contributed by atoms with Gasteiger partial charge in [0.05, 0.1) is 9.92 Å². The van der Waals surface area contributed by atoms with Crippen molar-refractivity contribution in [2.24, 2.45) is 0 Å². The Morgan fingerprint density at radius 2 is 1.64 bits per heavy atom. The molecule has 0 fully saturated rings. The molecule has 22 heavy (non-hydrogen) atoms. The van der Waals surface area contributed by atoms with E-state index in [-0.39, 0.29) is 15.5 Å². The third-order valence-electron chi connectivity index (χ3n) is 2.98. The lowest BCUT2D eigenvalue weighted by atomic mass is 10.1. The fourth-order valence-corrected chi connectivity index (χ4v) is 3.30. The van der Waals surface area contributed by atoms with E-state index in [0.29, 0.717) is 0 Å². The Morgan fingerprint density at radius 3 is 2.23 bits per heavy atom. The third-order valence-corrected chi connectivity index (χ3v) is 4.80. The van der Waals surface area contributed by atoms with Gasteiger partial charge in [0.1, 0.15) is 5.82 Å². The summed E-state index contributed by atoms with van der Waals surface area (Å²) in [6.07, 6.45) is 0. The number of sulfonamides is 1. The van der Waals surface area contributed by atoms with Gasteiger partial charge in [0.15, 0.2) is 11.6 Å².